The van der Waals surface area contributed by atoms with Crippen LogP contribution in [-0.2, 0) is 0 Å². The van der Waals surface area contributed by atoms with E-state index in [1.165, 1.54) is 18.2 Å². The second kappa shape index (κ2) is 6.70. The SMILES string of the molecule is COc1cc(/C=C/C(=O)c2ccccc2F)cc(OC)c1. The summed E-state index contributed by atoms with van der Waals surface area (Å²) in [4.78, 5) is 12.0. The Balaban J connectivity index is 2.25. The van der Waals surface area contributed by atoms with Gasteiger partial charge in [-0.2, -0.15) is 0 Å². The summed E-state index contributed by atoms with van der Waals surface area (Å²) in [5.41, 5.74) is 0.777. The van der Waals surface area contributed by atoms with Crippen molar-refractivity contribution in [3.8, 4) is 11.5 Å². The summed E-state index contributed by atoms with van der Waals surface area (Å²) in [6.45, 7) is 0. The topological polar surface area (TPSA) is 35.5 Å². The molecule has 2 aromatic carbocycles. The molecule has 0 atom stereocenters. The van der Waals surface area contributed by atoms with Crippen LogP contribution >= 0.6 is 0 Å². The van der Waals surface area contributed by atoms with Gasteiger partial charge < -0.3 is 9.47 Å². The van der Waals surface area contributed by atoms with E-state index in [0.717, 1.165) is 5.56 Å². The van der Waals surface area contributed by atoms with Crippen LogP contribution in [0.25, 0.3) is 6.08 Å². The number of hydrogen-bond donors (Lipinski definition) is 0. The third-order valence-corrected chi connectivity index (χ3v) is 2.94. The van der Waals surface area contributed by atoms with Crippen LogP contribution in [0.15, 0.2) is 48.5 Å². The first-order chi connectivity index (χ1) is 10.1. The Morgan fingerprint density at radius 1 is 1.05 bits per heavy atom. The zero-order valence-corrected chi connectivity index (χ0v) is 11.8. The van der Waals surface area contributed by atoms with Crippen LogP contribution in [0, 0.1) is 5.82 Å². The van der Waals surface area contributed by atoms with Gasteiger partial charge in [0.15, 0.2) is 5.78 Å². The number of rotatable bonds is 5. The first-order valence-corrected chi connectivity index (χ1v) is 6.34. The monoisotopic (exact) mass is 286 g/mol. The molecule has 0 aliphatic rings. The highest BCUT2D eigenvalue weighted by molar-refractivity contribution is 6.07. The van der Waals surface area contributed by atoms with Gasteiger partial charge in [-0.25, -0.2) is 4.39 Å². The fourth-order valence-corrected chi connectivity index (χ4v) is 1.85. The van der Waals surface area contributed by atoms with E-state index < -0.39 is 11.6 Å². The molecular formula is C17H15FO3. The van der Waals surface area contributed by atoms with Crippen molar-refractivity contribution >= 4 is 11.9 Å². The minimum atomic E-state index is -0.532. The largest absolute Gasteiger partial charge is 0.497 e. The molecule has 3 nitrogen and oxygen atoms in total. The molecule has 0 saturated heterocycles. The van der Waals surface area contributed by atoms with E-state index in [-0.39, 0.29) is 5.56 Å². The Morgan fingerprint density at radius 2 is 1.67 bits per heavy atom. The van der Waals surface area contributed by atoms with Gasteiger partial charge in [0, 0.05) is 6.07 Å². The molecule has 0 aliphatic heterocycles. The van der Waals surface area contributed by atoms with Crippen LogP contribution in [0.2, 0.25) is 0 Å². The molecule has 108 valence electrons. The highest BCUT2D eigenvalue weighted by Gasteiger charge is 2.07. The van der Waals surface area contributed by atoms with Crippen LogP contribution in [0.5, 0.6) is 11.5 Å². The highest BCUT2D eigenvalue weighted by Crippen LogP contribution is 2.23. The number of carbonyl (C=O) groups excluding carboxylic acids is 1. The summed E-state index contributed by atoms with van der Waals surface area (Å²) in [5, 5.41) is 0. The molecule has 0 spiro atoms. The first-order valence-electron chi connectivity index (χ1n) is 6.34. The minimum Gasteiger partial charge on any atom is -0.497 e. The number of ether oxygens (including phenoxy) is 2. The Kier molecular flexibility index (Phi) is 4.72. The zero-order chi connectivity index (χ0) is 15.2. The van der Waals surface area contributed by atoms with E-state index in [2.05, 4.69) is 0 Å². The van der Waals surface area contributed by atoms with E-state index in [9.17, 15) is 9.18 Å². The Labute approximate surface area is 122 Å². The molecule has 0 N–H and O–H groups in total. The molecule has 0 heterocycles. The van der Waals surface area contributed by atoms with Gasteiger partial charge in [0.2, 0.25) is 0 Å². The van der Waals surface area contributed by atoms with E-state index in [1.807, 2.05) is 0 Å². The van der Waals surface area contributed by atoms with Crippen molar-refractivity contribution in [3.05, 3.63) is 65.5 Å². The Bertz CT molecular complexity index is 655. The van der Waals surface area contributed by atoms with Crippen LogP contribution in [0.1, 0.15) is 15.9 Å². The van der Waals surface area contributed by atoms with Gasteiger partial charge in [-0.05, 0) is 35.9 Å². The average Bonchev–Trinajstić information content (AvgIpc) is 2.52. The van der Waals surface area contributed by atoms with Crippen molar-refractivity contribution < 1.29 is 18.7 Å². The summed E-state index contributed by atoms with van der Waals surface area (Å²) in [6.07, 6.45) is 2.92. The quantitative estimate of drug-likeness (QED) is 0.620. The standard InChI is InChI=1S/C17H15FO3/c1-20-13-9-12(10-14(11-13)21-2)7-8-17(19)15-5-3-4-6-16(15)18/h3-11H,1-2H3/b8-7+. The summed E-state index contributed by atoms with van der Waals surface area (Å²) >= 11 is 0. The highest BCUT2D eigenvalue weighted by atomic mass is 19.1. The number of benzene rings is 2. The van der Waals surface area contributed by atoms with Crippen molar-refractivity contribution in [2.24, 2.45) is 0 Å². The van der Waals surface area contributed by atoms with Gasteiger partial charge in [-0.3, -0.25) is 4.79 Å². The van der Waals surface area contributed by atoms with Crippen molar-refractivity contribution in [1.29, 1.82) is 0 Å². The number of halogens is 1. The third-order valence-electron chi connectivity index (χ3n) is 2.94. The van der Waals surface area contributed by atoms with Crippen LogP contribution < -0.4 is 9.47 Å². The summed E-state index contributed by atoms with van der Waals surface area (Å²) in [7, 11) is 3.10. The molecule has 0 unspecified atom stereocenters. The van der Waals surface area contributed by atoms with Gasteiger partial charge >= 0.3 is 0 Å². The van der Waals surface area contributed by atoms with Crippen molar-refractivity contribution in [3.63, 3.8) is 0 Å². The van der Waals surface area contributed by atoms with Crippen LogP contribution in [0.4, 0.5) is 4.39 Å². The molecule has 0 amide bonds. The van der Waals surface area contributed by atoms with Crippen molar-refractivity contribution in [2.75, 3.05) is 14.2 Å². The lowest BCUT2D eigenvalue weighted by Crippen LogP contribution is -1.97. The molecule has 0 saturated carbocycles. The number of allylic oxidation sites excluding steroid dienone is 1. The normalized spacial score (nSPS) is 10.6. The second-order valence-corrected chi connectivity index (χ2v) is 4.32. The molecule has 4 heteroatoms. The number of ketones is 1. The second-order valence-electron chi connectivity index (χ2n) is 4.32. The van der Waals surface area contributed by atoms with Gasteiger partial charge in [0.05, 0.1) is 19.8 Å². The van der Waals surface area contributed by atoms with Gasteiger partial charge in [-0.15, -0.1) is 0 Å². The smallest absolute Gasteiger partial charge is 0.188 e. The molecule has 0 aliphatic carbocycles. The average molecular weight is 286 g/mol. The minimum absolute atomic E-state index is 0.0450. The number of hydrogen-bond acceptors (Lipinski definition) is 3. The maximum absolute atomic E-state index is 13.5. The molecule has 2 rings (SSSR count). The molecular weight excluding hydrogens is 271 g/mol. The maximum Gasteiger partial charge on any atom is 0.188 e. The Morgan fingerprint density at radius 3 is 2.24 bits per heavy atom. The Hall–Kier alpha value is -2.62. The summed E-state index contributed by atoms with van der Waals surface area (Å²) in [6, 6.07) is 11.1. The van der Waals surface area contributed by atoms with Crippen molar-refractivity contribution in [2.45, 2.75) is 0 Å². The number of carbonyl (C=O) groups is 1. The van der Waals surface area contributed by atoms with Crippen LogP contribution in [0.3, 0.4) is 0 Å². The molecule has 0 aromatic heterocycles. The van der Waals surface area contributed by atoms with E-state index >= 15 is 0 Å². The molecule has 0 fully saturated rings. The number of methoxy groups -OCH3 is 2. The first kappa shape index (κ1) is 14.8. The fraction of sp³-hybridized carbons (Fsp3) is 0.118. The van der Waals surface area contributed by atoms with E-state index in [1.54, 1.807) is 50.6 Å². The maximum atomic E-state index is 13.5. The molecule has 2 aromatic rings. The zero-order valence-electron chi connectivity index (χ0n) is 11.8. The summed E-state index contributed by atoms with van der Waals surface area (Å²) < 4.78 is 23.8. The third kappa shape index (κ3) is 3.69. The van der Waals surface area contributed by atoms with Crippen LogP contribution in [-0.4, -0.2) is 20.0 Å². The van der Waals surface area contributed by atoms with Gasteiger partial charge in [0.25, 0.3) is 0 Å². The predicted octanol–water partition coefficient (Wildman–Crippen LogP) is 3.74. The van der Waals surface area contributed by atoms with E-state index in [4.69, 9.17) is 9.47 Å². The predicted molar refractivity (Wildman–Crippen MR) is 79.3 cm³/mol. The summed E-state index contributed by atoms with van der Waals surface area (Å²) in [5.74, 6) is 0.310. The lowest BCUT2D eigenvalue weighted by molar-refractivity contribution is 0.104. The van der Waals surface area contributed by atoms with E-state index in [0.29, 0.717) is 11.5 Å². The lowest BCUT2D eigenvalue weighted by atomic mass is 10.1. The fourth-order valence-electron chi connectivity index (χ4n) is 1.85. The van der Waals surface area contributed by atoms with Gasteiger partial charge in [0.1, 0.15) is 17.3 Å². The molecule has 21 heavy (non-hydrogen) atoms. The lowest BCUT2D eigenvalue weighted by Gasteiger charge is -2.05. The van der Waals surface area contributed by atoms with Gasteiger partial charge in [-0.1, -0.05) is 18.2 Å². The van der Waals surface area contributed by atoms with Crippen molar-refractivity contribution in [1.82, 2.24) is 0 Å². The molecule has 0 bridgehead atoms. The molecule has 0 radical (unpaired) electrons.